The van der Waals surface area contributed by atoms with Gasteiger partial charge in [-0.3, -0.25) is 0 Å². The average Bonchev–Trinajstić information content (AvgIpc) is 3.06. The van der Waals surface area contributed by atoms with Crippen LogP contribution in [0.15, 0.2) is 24.3 Å². The molecule has 3 aromatic rings. The summed E-state index contributed by atoms with van der Waals surface area (Å²) in [6.07, 6.45) is 0. The topological polar surface area (TPSA) is 73.5 Å². The van der Waals surface area contributed by atoms with Gasteiger partial charge in [0, 0.05) is 18.0 Å². The van der Waals surface area contributed by atoms with Crippen LogP contribution in [0.25, 0.3) is 20.7 Å². The number of nitrogens with two attached hydrogens (primary N) is 1. The standard InChI is InChI=1S/C17H17ClN4O2S/c1-23-13-8-10(2-3-11(13)19)14-9-12-15(25-14)16(21-17(18)20-12)22-4-6-24-7-5-22/h2-3,8-9H,4-7,19H2,1H3. The Morgan fingerprint density at radius 1 is 1.24 bits per heavy atom. The number of nitrogens with zero attached hydrogens (tertiary/aromatic N) is 3. The molecule has 25 heavy (non-hydrogen) atoms. The third-order valence-corrected chi connectivity index (χ3v) is 5.49. The Kier molecular flexibility index (Phi) is 4.37. The van der Waals surface area contributed by atoms with Crippen LogP contribution in [0.3, 0.4) is 0 Å². The van der Waals surface area contributed by atoms with Crippen molar-refractivity contribution in [2.24, 2.45) is 0 Å². The van der Waals surface area contributed by atoms with Gasteiger partial charge in [-0.1, -0.05) is 6.07 Å². The Balaban J connectivity index is 1.82. The number of aromatic nitrogens is 2. The lowest BCUT2D eigenvalue weighted by atomic mass is 10.1. The largest absolute Gasteiger partial charge is 0.495 e. The molecule has 0 bridgehead atoms. The van der Waals surface area contributed by atoms with Gasteiger partial charge in [-0.25, -0.2) is 4.98 Å². The van der Waals surface area contributed by atoms with Crippen molar-refractivity contribution in [3.63, 3.8) is 0 Å². The summed E-state index contributed by atoms with van der Waals surface area (Å²) in [5.41, 5.74) is 8.40. The summed E-state index contributed by atoms with van der Waals surface area (Å²) in [6, 6.07) is 7.79. The molecule has 0 unspecified atom stereocenters. The molecule has 6 nitrogen and oxygen atoms in total. The number of hydrogen-bond acceptors (Lipinski definition) is 7. The van der Waals surface area contributed by atoms with Gasteiger partial charge in [-0.05, 0) is 35.4 Å². The minimum atomic E-state index is 0.258. The first-order valence-corrected chi connectivity index (χ1v) is 9.09. The highest BCUT2D eigenvalue weighted by Crippen LogP contribution is 2.39. The van der Waals surface area contributed by atoms with Crippen molar-refractivity contribution in [3.05, 3.63) is 29.5 Å². The quantitative estimate of drug-likeness (QED) is 0.557. The van der Waals surface area contributed by atoms with Crippen LogP contribution in [0, 0.1) is 0 Å². The number of halogens is 1. The lowest BCUT2D eigenvalue weighted by molar-refractivity contribution is 0.122. The Bertz CT molecular complexity index is 924. The zero-order chi connectivity index (χ0) is 17.4. The molecule has 0 saturated carbocycles. The average molecular weight is 377 g/mol. The monoisotopic (exact) mass is 376 g/mol. The van der Waals surface area contributed by atoms with Crippen LogP contribution >= 0.6 is 22.9 Å². The molecule has 1 fully saturated rings. The number of fused-ring (bicyclic) bond motifs is 1. The fourth-order valence-corrected chi connectivity index (χ4v) is 4.16. The van der Waals surface area contributed by atoms with Crippen LogP contribution in [0.1, 0.15) is 0 Å². The van der Waals surface area contributed by atoms with Gasteiger partial charge in [-0.15, -0.1) is 11.3 Å². The second kappa shape index (κ2) is 6.67. The fourth-order valence-electron chi connectivity index (χ4n) is 2.88. The van der Waals surface area contributed by atoms with Gasteiger partial charge in [-0.2, -0.15) is 4.98 Å². The molecule has 1 aliphatic heterocycles. The van der Waals surface area contributed by atoms with Gasteiger partial charge < -0.3 is 20.1 Å². The molecule has 8 heteroatoms. The lowest BCUT2D eigenvalue weighted by Gasteiger charge is -2.28. The predicted octanol–water partition coefficient (Wildman–Crippen LogP) is 3.44. The number of methoxy groups -OCH3 is 1. The summed E-state index contributed by atoms with van der Waals surface area (Å²) < 4.78 is 11.8. The van der Waals surface area contributed by atoms with E-state index in [2.05, 4.69) is 14.9 Å². The molecule has 2 N–H and O–H groups in total. The van der Waals surface area contributed by atoms with E-state index in [1.807, 2.05) is 24.3 Å². The lowest BCUT2D eigenvalue weighted by Crippen LogP contribution is -2.36. The van der Waals surface area contributed by atoms with Gasteiger partial charge in [0.05, 0.1) is 36.2 Å². The molecule has 0 spiro atoms. The smallest absolute Gasteiger partial charge is 0.224 e. The molecule has 0 aliphatic carbocycles. The minimum Gasteiger partial charge on any atom is -0.495 e. The third kappa shape index (κ3) is 3.10. The number of nitrogen functional groups attached to an aromatic ring is 1. The Morgan fingerprint density at radius 2 is 2.04 bits per heavy atom. The van der Waals surface area contributed by atoms with Crippen molar-refractivity contribution in [1.29, 1.82) is 0 Å². The highest BCUT2D eigenvalue weighted by molar-refractivity contribution is 7.22. The van der Waals surface area contributed by atoms with Crippen LogP contribution in [0.4, 0.5) is 11.5 Å². The molecule has 4 rings (SSSR count). The molecule has 0 atom stereocenters. The number of morpholine rings is 1. The first-order chi connectivity index (χ1) is 12.2. The summed E-state index contributed by atoms with van der Waals surface area (Å²) in [6.45, 7) is 2.98. The van der Waals surface area contributed by atoms with E-state index < -0.39 is 0 Å². The van der Waals surface area contributed by atoms with E-state index in [1.165, 1.54) is 0 Å². The highest BCUT2D eigenvalue weighted by atomic mass is 35.5. The first-order valence-electron chi connectivity index (χ1n) is 7.89. The van der Waals surface area contributed by atoms with E-state index in [0.717, 1.165) is 39.6 Å². The first kappa shape index (κ1) is 16.4. The van der Waals surface area contributed by atoms with Crippen LogP contribution < -0.4 is 15.4 Å². The van der Waals surface area contributed by atoms with Crippen LogP contribution in [-0.2, 0) is 4.74 Å². The van der Waals surface area contributed by atoms with E-state index >= 15 is 0 Å². The van der Waals surface area contributed by atoms with Crippen molar-refractivity contribution in [2.45, 2.75) is 0 Å². The number of hydrogen-bond donors (Lipinski definition) is 1. The number of anilines is 2. The van der Waals surface area contributed by atoms with Gasteiger partial charge in [0.1, 0.15) is 5.75 Å². The molecule has 1 saturated heterocycles. The van der Waals surface area contributed by atoms with Crippen LogP contribution in [-0.4, -0.2) is 43.4 Å². The number of thiophene rings is 1. The summed E-state index contributed by atoms with van der Waals surface area (Å²) >= 11 is 7.80. The van der Waals surface area contributed by atoms with E-state index in [1.54, 1.807) is 18.4 Å². The minimum absolute atomic E-state index is 0.258. The molecule has 0 radical (unpaired) electrons. The fraction of sp³-hybridized carbons (Fsp3) is 0.294. The Labute approximate surface area is 154 Å². The van der Waals surface area contributed by atoms with Gasteiger partial charge in [0.15, 0.2) is 5.82 Å². The second-order valence-corrected chi connectivity index (χ2v) is 7.09. The summed E-state index contributed by atoms with van der Waals surface area (Å²) in [7, 11) is 1.61. The number of rotatable bonds is 3. The Hall–Kier alpha value is -2.09. The third-order valence-electron chi connectivity index (χ3n) is 4.16. The number of ether oxygens (including phenoxy) is 2. The molecule has 1 aliphatic rings. The van der Waals surface area contributed by atoms with Crippen molar-refractivity contribution in [1.82, 2.24) is 9.97 Å². The van der Waals surface area contributed by atoms with Crippen molar-refractivity contribution in [2.75, 3.05) is 44.0 Å². The predicted molar refractivity (Wildman–Crippen MR) is 102 cm³/mol. The van der Waals surface area contributed by atoms with Crippen molar-refractivity contribution in [3.8, 4) is 16.2 Å². The van der Waals surface area contributed by atoms with Crippen LogP contribution in [0.2, 0.25) is 5.28 Å². The van der Waals surface area contributed by atoms with E-state index in [-0.39, 0.29) is 5.28 Å². The van der Waals surface area contributed by atoms with E-state index in [9.17, 15) is 0 Å². The molecule has 2 aromatic heterocycles. The molecular weight excluding hydrogens is 360 g/mol. The summed E-state index contributed by atoms with van der Waals surface area (Å²) in [4.78, 5) is 12.1. The van der Waals surface area contributed by atoms with Gasteiger partial charge >= 0.3 is 0 Å². The summed E-state index contributed by atoms with van der Waals surface area (Å²) in [5.74, 6) is 1.53. The normalized spacial score (nSPS) is 14.9. The maximum absolute atomic E-state index is 6.15. The zero-order valence-corrected chi connectivity index (χ0v) is 15.2. The summed E-state index contributed by atoms with van der Waals surface area (Å²) in [5, 5.41) is 0.258. The molecular formula is C17H17ClN4O2S. The Morgan fingerprint density at radius 3 is 2.80 bits per heavy atom. The zero-order valence-electron chi connectivity index (χ0n) is 13.7. The highest BCUT2D eigenvalue weighted by Gasteiger charge is 2.19. The van der Waals surface area contributed by atoms with Gasteiger partial charge in [0.25, 0.3) is 0 Å². The second-order valence-electron chi connectivity index (χ2n) is 5.70. The maximum atomic E-state index is 6.15. The van der Waals surface area contributed by atoms with Crippen molar-refractivity contribution >= 4 is 44.7 Å². The van der Waals surface area contributed by atoms with E-state index in [0.29, 0.717) is 24.7 Å². The van der Waals surface area contributed by atoms with E-state index in [4.69, 9.17) is 26.8 Å². The van der Waals surface area contributed by atoms with Gasteiger partial charge in [0.2, 0.25) is 5.28 Å². The maximum Gasteiger partial charge on any atom is 0.224 e. The molecule has 0 amide bonds. The molecule has 3 heterocycles. The van der Waals surface area contributed by atoms with Crippen LogP contribution in [0.5, 0.6) is 5.75 Å². The molecule has 130 valence electrons. The SMILES string of the molecule is COc1cc(-c2cc3nc(Cl)nc(N4CCOCC4)c3s2)ccc1N. The van der Waals surface area contributed by atoms with Crippen molar-refractivity contribution < 1.29 is 9.47 Å². The number of benzene rings is 1. The molecule has 1 aromatic carbocycles.